The van der Waals surface area contributed by atoms with Gasteiger partial charge in [0.1, 0.15) is 0 Å². The summed E-state index contributed by atoms with van der Waals surface area (Å²) in [6.07, 6.45) is 4.50. The molecule has 2 aliphatic heterocycles. The van der Waals surface area contributed by atoms with Gasteiger partial charge in [-0.1, -0.05) is 6.07 Å². The second-order valence-corrected chi connectivity index (χ2v) is 7.90. The number of aromatic amines is 1. The van der Waals surface area contributed by atoms with E-state index in [-0.39, 0.29) is 5.91 Å². The predicted octanol–water partition coefficient (Wildman–Crippen LogP) is 0.637. The number of nitrogens with two attached hydrogens (primary N) is 1. The Balaban J connectivity index is 1.33. The minimum atomic E-state index is -0.482. The number of carbonyl (C=O) groups is 1. The molecule has 0 saturated carbocycles. The van der Waals surface area contributed by atoms with Gasteiger partial charge in [-0.25, -0.2) is 0 Å². The van der Waals surface area contributed by atoms with E-state index in [1.54, 1.807) is 0 Å². The van der Waals surface area contributed by atoms with Gasteiger partial charge < -0.3 is 16.0 Å². The van der Waals surface area contributed by atoms with E-state index in [1.807, 2.05) is 11.1 Å². The quantitative estimate of drug-likeness (QED) is 0.735. The van der Waals surface area contributed by atoms with Crippen LogP contribution in [0.15, 0.2) is 18.3 Å². The van der Waals surface area contributed by atoms with Crippen LogP contribution in [0.5, 0.6) is 0 Å². The first-order valence-electron chi connectivity index (χ1n) is 10.0. The van der Waals surface area contributed by atoms with Crippen LogP contribution in [0, 0.1) is 6.92 Å². The Labute approximate surface area is 160 Å². The molecule has 0 radical (unpaired) electrons. The summed E-state index contributed by atoms with van der Waals surface area (Å²) < 4.78 is 0. The minimum absolute atomic E-state index is 0.0821. The normalized spacial score (nSPS) is 20.9. The van der Waals surface area contributed by atoms with Crippen LogP contribution < -0.4 is 11.1 Å². The van der Waals surface area contributed by atoms with Crippen LogP contribution >= 0.6 is 0 Å². The van der Waals surface area contributed by atoms with Crippen molar-refractivity contribution in [2.75, 3.05) is 39.3 Å². The molecule has 27 heavy (non-hydrogen) atoms. The van der Waals surface area contributed by atoms with Crippen molar-refractivity contribution in [2.24, 2.45) is 5.73 Å². The number of nitrogens with zero attached hydrogens (tertiary/aromatic N) is 3. The van der Waals surface area contributed by atoms with Gasteiger partial charge in [0.25, 0.3) is 0 Å². The van der Waals surface area contributed by atoms with Gasteiger partial charge in [0.05, 0.1) is 17.8 Å². The number of piperidine rings is 1. The molecule has 2 saturated heterocycles. The van der Waals surface area contributed by atoms with Crippen LogP contribution in [0.4, 0.5) is 0 Å². The summed E-state index contributed by atoms with van der Waals surface area (Å²) in [7, 11) is 0. The zero-order valence-electron chi connectivity index (χ0n) is 16.1. The molecule has 1 atom stereocenters. The Morgan fingerprint density at radius 2 is 2.00 bits per heavy atom. The highest BCUT2D eigenvalue weighted by molar-refractivity contribution is 5.84. The largest absolute Gasteiger partial charge is 0.341 e. The van der Waals surface area contributed by atoms with E-state index in [0.717, 1.165) is 74.1 Å². The number of benzene rings is 1. The fraction of sp³-hybridized carbons (Fsp3) is 0.600. The molecule has 1 aromatic heterocycles. The molecule has 0 aliphatic carbocycles. The van der Waals surface area contributed by atoms with Gasteiger partial charge in [-0.15, -0.1) is 0 Å². The highest BCUT2D eigenvalue weighted by Gasteiger charge is 2.29. The number of amides is 1. The van der Waals surface area contributed by atoms with E-state index < -0.39 is 6.04 Å². The van der Waals surface area contributed by atoms with E-state index in [2.05, 4.69) is 39.5 Å². The van der Waals surface area contributed by atoms with Crippen molar-refractivity contribution in [1.29, 1.82) is 0 Å². The predicted molar refractivity (Wildman–Crippen MR) is 107 cm³/mol. The number of piperazine rings is 1. The Hall–Kier alpha value is -1.96. The van der Waals surface area contributed by atoms with Crippen LogP contribution in [0.3, 0.4) is 0 Å². The number of hydrogen-bond acceptors (Lipinski definition) is 5. The van der Waals surface area contributed by atoms with Gasteiger partial charge in [0.15, 0.2) is 0 Å². The van der Waals surface area contributed by atoms with Gasteiger partial charge in [0.2, 0.25) is 5.91 Å². The number of carbonyl (C=O) groups excluding carboxylic acids is 1. The molecule has 7 nitrogen and oxygen atoms in total. The van der Waals surface area contributed by atoms with Gasteiger partial charge in [0, 0.05) is 50.7 Å². The number of aryl methyl sites for hydroxylation is 1. The Morgan fingerprint density at radius 3 is 2.74 bits per heavy atom. The lowest BCUT2D eigenvalue weighted by Gasteiger charge is -2.40. The highest BCUT2D eigenvalue weighted by atomic mass is 16.2. The summed E-state index contributed by atoms with van der Waals surface area (Å²) in [6, 6.07) is 4.31. The summed E-state index contributed by atoms with van der Waals surface area (Å²) in [5.74, 6) is 0.0821. The second kappa shape index (κ2) is 7.96. The molecule has 2 aliphatic rings. The fourth-order valence-corrected chi connectivity index (χ4v) is 4.50. The molecule has 1 unspecified atom stereocenters. The maximum Gasteiger partial charge on any atom is 0.239 e. The molecular weight excluding hydrogens is 340 g/mol. The highest BCUT2D eigenvalue weighted by Crippen LogP contribution is 2.21. The Morgan fingerprint density at radius 1 is 1.26 bits per heavy atom. The maximum atomic E-state index is 12.8. The van der Waals surface area contributed by atoms with Crippen molar-refractivity contribution in [3.63, 3.8) is 0 Å². The summed E-state index contributed by atoms with van der Waals surface area (Å²) >= 11 is 0. The molecular formula is C20H30N6O. The zero-order chi connectivity index (χ0) is 18.8. The van der Waals surface area contributed by atoms with Crippen molar-refractivity contribution >= 4 is 16.8 Å². The van der Waals surface area contributed by atoms with Crippen LogP contribution in [0.25, 0.3) is 10.9 Å². The monoisotopic (exact) mass is 370 g/mol. The Bertz CT molecular complexity index is 789. The van der Waals surface area contributed by atoms with E-state index in [1.165, 1.54) is 0 Å². The van der Waals surface area contributed by atoms with E-state index in [4.69, 9.17) is 5.73 Å². The molecule has 1 aromatic carbocycles. The summed E-state index contributed by atoms with van der Waals surface area (Å²) in [5.41, 5.74) is 9.57. The second-order valence-electron chi connectivity index (χ2n) is 7.90. The molecule has 7 heteroatoms. The summed E-state index contributed by atoms with van der Waals surface area (Å²) in [6.45, 7) is 8.08. The number of fused-ring (bicyclic) bond motifs is 1. The number of likely N-dealkylation sites (tertiary alicyclic amines) is 1. The summed E-state index contributed by atoms with van der Waals surface area (Å²) in [4.78, 5) is 17.4. The molecule has 0 spiro atoms. The smallest absolute Gasteiger partial charge is 0.239 e. The van der Waals surface area contributed by atoms with Crippen molar-refractivity contribution in [1.82, 2.24) is 25.3 Å². The molecule has 1 amide bonds. The van der Waals surface area contributed by atoms with Crippen molar-refractivity contribution < 1.29 is 4.79 Å². The van der Waals surface area contributed by atoms with Gasteiger partial charge >= 0.3 is 0 Å². The zero-order valence-corrected chi connectivity index (χ0v) is 16.1. The molecule has 2 fully saturated rings. The SMILES string of the molecule is Cc1cc(CC(N)C(=O)N2CCC(N3CCNCC3)CC2)cc2cn[nH]c12. The third-order valence-corrected chi connectivity index (χ3v) is 6.02. The van der Waals surface area contributed by atoms with Crippen LogP contribution in [0.2, 0.25) is 0 Å². The molecule has 4 N–H and O–H groups in total. The number of nitrogens with one attached hydrogen (secondary N) is 2. The lowest BCUT2D eigenvalue weighted by molar-refractivity contribution is -0.134. The third kappa shape index (κ3) is 4.00. The van der Waals surface area contributed by atoms with Crippen molar-refractivity contribution in [2.45, 2.75) is 38.3 Å². The first kappa shape index (κ1) is 18.4. The third-order valence-electron chi connectivity index (χ3n) is 6.02. The summed E-state index contributed by atoms with van der Waals surface area (Å²) in [5, 5.41) is 11.6. The lowest BCUT2D eigenvalue weighted by Crippen LogP contribution is -2.54. The number of aromatic nitrogens is 2. The van der Waals surface area contributed by atoms with Crippen LogP contribution in [-0.4, -0.2) is 77.3 Å². The van der Waals surface area contributed by atoms with Gasteiger partial charge in [-0.05, 0) is 43.4 Å². The van der Waals surface area contributed by atoms with E-state index in [9.17, 15) is 4.79 Å². The average molecular weight is 371 g/mol. The van der Waals surface area contributed by atoms with Crippen LogP contribution in [0.1, 0.15) is 24.0 Å². The molecule has 146 valence electrons. The maximum absolute atomic E-state index is 12.8. The van der Waals surface area contributed by atoms with Gasteiger partial charge in [-0.3, -0.25) is 14.8 Å². The standard InChI is InChI=1S/C20H30N6O/c1-14-10-15(11-16-13-23-24-19(14)16)12-18(21)20(27)26-6-2-17(3-7-26)25-8-4-22-5-9-25/h10-11,13,17-18,22H,2-9,12,21H2,1H3,(H,23,24). The van der Waals surface area contributed by atoms with Gasteiger partial charge in [-0.2, -0.15) is 5.10 Å². The average Bonchev–Trinajstić information content (AvgIpc) is 3.17. The molecule has 3 heterocycles. The fourth-order valence-electron chi connectivity index (χ4n) is 4.50. The topological polar surface area (TPSA) is 90.3 Å². The first-order valence-corrected chi connectivity index (χ1v) is 10.0. The van der Waals surface area contributed by atoms with Crippen LogP contribution in [-0.2, 0) is 11.2 Å². The number of rotatable bonds is 4. The first-order chi connectivity index (χ1) is 13.1. The lowest BCUT2D eigenvalue weighted by atomic mass is 9.99. The molecule has 4 rings (SSSR count). The number of hydrogen-bond donors (Lipinski definition) is 3. The molecule has 0 bridgehead atoms. The Kier molecular flexibility index (Phi) is 5.43. The minimum Gasteiger partial charge on any atom is -0.341 e. The van der Waals surface area contributed by atoms with E-state index in [0.29, 0.717) is 12.5 Å². The van der Waals surface area contributed by atoms with Crippen molar-refractivity contribution in [3.8, 4) is 0 Å². The van der Waals surface area contributed by atoms with Crippen molar-refractivity contribution in [3.05, 3.63) is 29.5 Å². The molecule has 2 aromatic rings. The van der Waals surface area contributed by atoms with E-state index >= 15 is 0 Å². The number of H-pyrrole nitrogens is 1.